The number of hydrogen-bond acceptors (Lipinski definition) is 3. The largest absolute Gasteiger partial charge is 0.466 e. The zero-order valence-electron chi connectivity index (χ0n) is 14.0. The summed E-state index contributed by atoms with van der Waals surface area (Å²) in [7, 11) is 3.14. The Kier molecular flexibility index (Phi) is 7.08. The van der Waals surface area contributed by atoms with Crippen molar-refractivity contribution in [3.63, 3.8) is 0 Å². The molecule has 0 bridgehead atoms. The van der Waals surface area contributed by atoms with Gasteiger partial charge in [0.25, 0.3) is 0 Å². The molecule has 1 aromatic carbocycles. The predicted molar refractivity (Wildman–Crippen MR) is 92.3 cm³/mol. The van der Waals surface area contributed by atoms with Crippen LogP contribution < -0.4 is 0 Å². The third-order valence-electron chi connectivity index (χ3n) is 4.35. The highest BCUT2D eigenvalue weighted by Crippen LogP contribution is 2.32. The molecule has 0 radical (unpaired) electrons. The van der Waals surface area contributed by atoms with Gasteiger partial charge in [-0.1, -0.05) is 48.9 Å². The van der Waals surface area contributed by atoms with Crippen LogP contribution in [0, 0.1) is 0 Å². The fraction of sp³-hybridized carbons (Fsp3) is 0.450. The van der Waals surface area contributed by atoms with Crippen LogP contribution in [0.3, 0.4) is 0 Å². The monoisotopic (exact) mass is 314 g/mol. The number of carbonyl (C=O) groups is 1. The lowest BCUT2D eigenvalue weighted by Crippen LogP contribution is -2.22. The van der Waals surface area contributed by atoms with Crippen molar-refractivity contribution in [2.24, 2.45) is 0 Å². The summed E-state index contributed by atoms with van der Waals surface area (Å²) >= 11 is 0. The van der Waals surface area contributed by atoms with E-state index in [4.69, 9.17) is 9.47 Å². The second-order valence-electron chi connectivity index (χ2n) is 5.85. The van der Waals surface area contributed by atoms with E-state index in [9.17, 15) is 4.79 Å². The van der Waals surface area contributed by atoms with Gasteiger partial charge in [0.15, 0.2) is 0 Å². The van der Waals surface area contributed by atoms with Crippen LogP contribution in [0.5, 0.6) is 0 Å². The number of allylic oxidation sites excluding steroid dienone is 1. The molecule has 0 unspecified atom stereocenters. The second kappa shape index (κ2) is 9.31. The van der Waals surface area contributed by atoms with Crippen molar-refractivity contribution in [3.05, 3.63) is 59.7 Å². The van der Waals surface area contributed by atoms with Crippen molar-refractivity contribution in [2.45, 2.75) is 44.1 Å². The van der Waals surface area contributed by atoms with E-state index in [0.717, 1.165) is 18.4 Å². The zero-order valence-corrected chi connectivity index (χ0v) is 14.0. The maximum Gasteiger partial charge on any atom is 0.330 e. The molecule has 0 spiro atoms. The van der Waals surface area contributed by atoms with Crippen LogP contribution in [-0.2, 0) is 14.3 Å². The third kappa shape index (κ3) is 5.07. The van der Waals surface area contributed by atoms with Gasteiger partial charge < -0.3 is 9.47 Å². The Morgan fingerprint density at radius 3 is 2.61 bits per heavy atom. The molecule has 1 aliphatic rings. The van der Waals surface area contributed by atoms with Crippen LogP contribution in [0.2, 0.25) is 0 Å². The minimum Gasteiger partial charge on any atom is -0.466 e. The van der Waals surface area contributed by atoms with Crippen LogP contribution in [0.4, 0.5) is 0 Å². The molecule has 0 fully saturated rings. The van der Waals surface area contributed by atoms with Crippen LogP contribution in [0.1, 0.15) is 43.6 Å². The fourth-order valence-electron chi connectivity index (χ4n) is 3.14. The van der Waals surface area contributed by atoms with Crippen molar-refractivity contribution in [2.75, 3.05) is 14.2 Å². The van der Waals surface area contributed by atoms with Gasteiger partial charge in [0.05, 0.1) is 13.2 Å². The molecule has 0 amide bonds. The summed E-state index contributed by atoms with van der Waals surface area (Å²) in [5.41, 5.74) is 2.48. The van der Waals surface area contributed by atoms with E-state index >= 15 is 0 Å². The number of rotatable bonds is 6. The van der Waals surface area contributed by atoms with Crippen LogP contribution in [-0.4, -0.2) is 26.3 Å². The van der Waals surface area contributed by atoms with Crippen molar-refractivity contribution in [3.8, 4) is 0 Å². The number of hydrogen-bond donors (Lipinski definition) is 0. The Morgan fingerprint density at radius 1 is 1.13 bits per heavy atom. The third-order valence-corrected chi connectivity index (χ3v) is 4.35. The van der Waals surface area contributed by atoms with Crippen LogP contribution in [0.15, 0.2) is 54.1 Å². The van der Waals surface area contributed by atoms with E-state index < -0.39 is 0 Å². The summed E-state index contributed by atoms with van der Waals surface area (Å²) in [6, 6.07) is 10.2. The Morgan fingerprint density at radius 2 is 1.91 bits per heavy atom. The van der Waals surface area contributed by atoms with Gasteiger partial charge in [-0.3, -0.25) is 0 Å². The van der Waals surface area contributed by atoms with Crippen LogP contribution >= 0.6 is 0 Å². The molecule has 0 heterocycles. The highest BCUT2D eigenvalue weighted by molar-refractivity contribution is 5.81. The smallest absolute Gasteiger partial charge is 0.330 e. The first-order valence-corrected chi connectivity index (χ1v) is 8.29. The predicted octanol–water partition coefficient (Wildman–Crippen LogP) is 4.40. The average molecular weight is 314 g/mol. The molecule has 23 heavy (non-hydrogen) atoms. The summed E-state index contributed by atoms with van der Waals surface area (Å²) in [5.74, 6) is -0.333. The molecule has 1 aromatic rings. The molecule has 2 atom stereocenters. The maximum absolute atomic E-state index is 11.5. The number of carbonyl (C=O) groups excluding carboxylic acids is 1. The summed E-state index contributed by atoms with van der Waals surface area (Å²) in [5, 5.41) is 0. The normalized spacial score (nSPS) is 18.1. The first-order chi connectivity index (χ1) is 11.3. The Labute approximate surface area is 139 Å². The molecule has 0 N–H and O–H groups in total. The van der Waals surface area contributed by atoms with Crippen molar-refractivity contribution in [1.82, 2.24) is 0 Å². The SMILES string of the molecule is COC(=O)/C=C/[C@@H](c1ccccc1)[C@@H](OC)C1=CCCCCC1. The van der Waals surface area contributed by atoms with Gasteiger partial charge in [-0.15, -0.1) is 0 Å². The lowest BCUT2D eigenvalue weighted by Gasteiger charge is -2.26. The molecule has 1 aliphatic carbocycles. The first-order valence-electron chi connectivity index (χ1n) is 8.29. The lowest BCUT2D eigenvalue weighted by molar-refractivity contribution is -0.134. The van der Waals surface area contributed by atoms with Crippen molar-refractivity contribution < 1.29 is 14.3 Å². The molecule has 124 valence electrons. The quantitative estimate of drug-likeness (QED) is 0.443. The highest BCUT2D eigenvalue weighted by Gasteiger charge is 2.25. The number of benzene rings is 1. The van der Waals surface area contributed by atoms with Crippen molar-refractivity contribution >= 4 is 5.97 Å². The molecule has 2 rings (SSSR count). The van der Waals surface area contributed by atoms with E-state index in [1.807, 2.05) is 24.3 Å². The number of methoxy groups -OCH3 is 2. The van der Waals surface area contributed by atoms with E-state index in [0.29, 0.717) is 0 Å². The fourth-order valence-corrected chi connectivity index (χ4v) is 3.14. The molecule has 0 saturated carbocycles. The Hall–Kier alpha value is -1.87. The summed E-state index contributed by atoms with van der Waals surface area (Å²) in [6.45, 7) is 0. The molecular formula is C20H26O3. The van der Waals surface area contributed by atoms with Gasteiger partial charge >= 0.3 is 5.97 Å². The Bertz CT molecular complexity index is 545. The van der Waals surface area contributed by atoms with E-state index in [1.54, 1.807) is 7.11 Å². The lowest BCUT2D eigenvalue weighted by atomic mass is 9.86. The topological polar surface area (TPSA) is 35.5 Å². The average Bonchev–Trinajstić information content (AvgIpc) is 2.88. The highest BCUT2D eigenvalue weighted by atomic mass is 16.5. The van der Waals surface area contributed by atoms with Crippen molar-refractivity contribution in [1.29, 1.82) is 0 Å². The minimum absolute atomic E-state index is 0.00431. The molecule has 0 aliphatic heterocycles. The van der Waals surface area contributed by atoms with Crippen LogP contribution in [0.25, 0.3) is 0 Å². The van der Waals surface area contributed by atoms with Gasteiger partial charge in [0.2, 0.25) is 0 Å². The van der Waals surface area contributed by atoms with Gasteiger partial charge in [-0.2, -0.15) is 0 Å². The number of ether oxygens (including phenoxy) is 2. The van der Waals surface area contributed by atoms with Gasteiger partial charge in [0.1, 0.15) is 0 Å². The van der Waals surface area contributed by atoms with E-state index in [-0.39, 0.29) is 18.0 Å². The summed E-state index contributed by atoms with van der Waals surface area (Å²) < 4.78 is 10.6. The molecule has 3 nitrogen and oxygen atoms in total. The molecule has 0 aromatic heterocycles. The van der Waals surface area contributed by atoms with E-state index in [1.165, 1.54) is 38.0 Å². The Balaban J connectivity index is 2.31. The molecular weight excluding hydrogens is 288 g/mol. The zero-order chi connectivity index (χ0) is 16.5. The van der Waals surface area contributed by atoms with Gasteiger partial charge in [-0.05, 0) is 36.8 Å². The maximum atomic E-state index is 11.5. The number of esters is 1. The molecule has 0 saturated heterocycles. The standard InChI is InChI=1S/C20H26O3/c1-22-19(21)15-14-18(16-10-8-5-9-11-16)20(23-2)17-12-6-3-4-7-13-17/h5,8-12,14-15,18,20H,3-4,6-7,13H2,1-2H3/b15-14+/t18-,20-/m0/s1. The summed E-state index contributed by atoms with van der Waals surface area (Å²) in [6.07, 6.45) is 11.6. The van der Waals surface area contributed by atoms with E-state index in [2.05, 4.69) is 18.2 Å². The van der Waals surface area contributed by atoms with Gasteiger partial charge in [-0.25, -0.2) is 4.79 Å². The second-order valence-corrected chi connectivity index (χ2v) is 5.85. The first kappa shape index (κ1) is 17.5. The molecule has 3 heteroatoms. The minimum atomic E-state index is -0.337. The summed E-state index contributed by atoms with van der Waals surface area (Å²) in [4.78, 5) is 11.5. The van der Waals surface area contributed by atoms with Gasteiger partial charge in [0, 0.05) is 19.1 Å².